The lowest BCUT2D eigenvalue weighted by Crippen LogP contribution is -2.08. The Morgan fingerprint density at radius 1 is 1.28 bits per heavy atom. The number of hydrogen-bond donors (Lipinski definition) is 1. The summed E-state index contributed by atoms with van der Waals surface area (Å²) in [7, 11) is 0. The van der Waals surface area contributed by atoms with Crippen molar-refractivity contribution in [2.45, 2.75) is 19.8 Å². The standard InChI is InChI=1S/C16H16O2/c1-2-6-12-9-10-14(15(17)11-12)16(18)13-7-4-3-5-8-13/h3-10,18H,2,11H2,1H3. The summed E-state index contributed by atoms with van der Waals surface area (Å²) in [5.74, 6) is 0.0333. The summed E-state index contributed by atoms with van der Waals surface area (Å²) >= 11 is 0. The molecule has 0 aromatic heterocycles. The molecule has 1 N–H and O–H groups in total. The van der Waals surface area contributed by atoms with Gasteiger partial charge in [0.25, 0.3) is 0 Å². The van der Waals surface area contributed by atoms with Crippen molar-refractivity contribution < 1.29 is 9.90 Å². The number of Topliss-reactive ketones (excluding diaryl/α,β-unsaturated/α-hetero) is 1. The topological polar surface area (TPSA) is 37.3 Å². The maximum atomic E-state index is 12.0. The Labute approximate surface area is 107 Å². The molecule has 2 nitrogen and oxygen atoms in total. The molecule has 0 amide bonds. The van der Waals surface area contributed by atoms with Crippen molar-refractivity contribution in [3.8, 4) is 0 Å². The van der Waals surface area contributed by atoms with Crippen LogP contribution in [0.3, 0.4) is 0 Å². The van der Waals surface area contributed by atoms with Crippen LogP contribution in [0.25, 0.3) is 5.76 Å². The van der Waals surface area contributed by atoms with E-state index >= 15 is 0 Å². The van der Waals surface area contributed by atoms with E-state index in [4.69, 9.17) is 0 Å². The van der Waals surface area contributed by atoms with Crippen LogP contribution in [0.2, 0.25) is 0 Å². The number of allylic oxidation sites excluding steroid dienone is 5. The number of carbonyl (C=O) groups excluding carboxylic acids is 1. The van der Waals surface area contributed by atoms with Gasteiger partial charge in [-0.05, 0) is 18.1 Å². The Morgan fingerprint density at radius 2 is 2.00 bits per heavy atom. The van der Waals surface area contributed by atoms with Crippen molar-refractivity contribution in [3.05, 3.63) is 65.3 Å². The van der Waals surface area contributed by atoms with Crippen LogP contribution in [0.1, 0.15) is 25.3 Å². The van der Waals surface area contributed by atoms with E-state index in [0.717, 1.165) is 12.0 Å². The normalized spacial score (nSPS) is 20.3. The molecule has 0 bridgehead atoms. The van der Waals surface area contributed by atoms with E-state index in [1.54, 1.807) is 18.2 Å². The van der Waals surface area contributed by atoms with Crippen molar-refractivity contribution >= 4 is 11.5 Å². The van der Waals surface area contributed by atoms with Gasteiger partial charge in [0.2, 0.25) is 0 Å². The SMILES string of the molecule is CCC=C1C=CC(=C(O)c2ccccc2)C(=O)C1. The molecule has 0 fully saturated rings. The van der Waals surface area contributed by atoms with Crippen molar-refractivity contribution in [3.63, 3.8) is 0 Å². The monoisotopic (exact) mass is 240 g/mol. The zero-order valence-corrected chi connectivity index (χ0v) is 10.4. The number of aliphatic hydroxyl groups excluding tert-OH is 1. The van der Waals surface area contributed by atoms with E-state index in [0.29, 0.717) is 17.6 Å². The first-order chi connectivity index (χ1) is 8.72. The fourth-order valence-electron chi connectivity index (χ4n) is 1.99. The maximum absolute atomic E-state index is 12.0. The van der Waals surface area contributed by atoms with Gasteiger partial charge >= 0.3 is 0 Å². The molecule has 0 saturated heterocycles. The number of hydrogen-bond acceptors (Lipinski definition) is 2. The molecular formula is C16H16O2. The molecule has 2 rings (SSSR count). The Hall–Kier alpha value is -2.09. The second-order valence-electron chi connectivity index (χ2n) is 4.25. The summed E-state index contributed by atoms with van der Waals surface area (Å²) in [5, 5.41) is 10.1. The predicted molar refractivity (Wildman–Crippen MR) is 73.1 cm³/mol. The molecule has 0 atom stereocenters. The molecule has 0 saturated carbocycles. The molecule has 1 aliphatic rings. The number of aliphatic hydroxyl groups is 1. The van der Waals surface area contributed by atoms with Gasteiger partial charge in [0.15, 0.2) is 5.78 Å². The van der Waals surface area contributed by atoms with Gasteiger partial charge in [-0.2, -0.15) is 0 Å². The molecule has 0 spiro atoms. The number of ketones is 1. The Balaban J connectivity index is 2.37. The van der Waals surface area contributed by atoms with E-state index in [1.165, 1.54) is 0 Å². The second-order valence-corrected chi connectivity index (χ2v) is 4.25. The Kier molecular flexibility index (Phi) is 3.78. The van der Waals surface area contributed by atoms with Crippen molar-refractivity contribution in [1.29, 1.82) is 0 Å². The Bertz CT molecular complexity index is 533. The largest absolute Gasteiger partial charge is 0.507 e. The average molecular weight is 240 g/mol. The molecule has 18 heavy (non-hydrogen) atoms. The third-order valence-electron chi connectivity index (χ3n) is 2.90. The zero-order valence-electron chi connectivity index (χ0n) is 10.4. The molecule has 2 heteroatoms. The summed E-state index contributed by atoms with van der Waals surface area (Å²) < 4.78 is 0. The van der Waals surface area contributed by atoms with Gasteiger partial charge in [-0.25, -0.2) is 0 Å². The summed E-state index contributed by atoms with van der Waals surface area (Å²) in [5.41, 5.74) is 2.09. The fraction of sp³-hybridized carbons (Fsp3) is 0.188. The number of benzene rings is 1. The van der Waals surface area contributed by atoms with Crippen LogP contribution in [-0.4, -0.2) is 10.9 Å². The van der Waals surface area contributed by atoms with E-state index in [2.05, 4.69) is 0 Å². The summed E-state index contributed by atoms with van der Waals surface area (Å²) in [6, 6.07) is 9.14. The minimum atomic E-state index is -0.0291. The number of carbonyl (C=O) groups is 1. The van der Waals surface area contributed by atoms with Crippen LogP contribution in [0.4, 0.5) is 0 Å². The van der Waals surface area contributed by atoms with Crippen LogP contribution in [0.15, 0.2) is 59.7 Å². The van der Waals surface area contributed by atoms with Gasteiger partial charge in [0.1, 0.15) is 5.76 Å². The van der Waals surface area contributed by atoms with Gasteiger partial charge in [0.05, 0.1) is 5.57 Å². The highest BCUT2D eigenvalue weighted by Gasteiger charge is 2.18. The van der Waals surface area contributed by atoms with Crippen molar-refractivity contribution in [2.24, 2.45) is 0 Å². The maximum Gasteiger partial charge on any atom is 0.170 e. The van der Waals surface area contributed by atoms with Gasteiger partial charge in [-0.15, -0.1) is 0 Å². The molecule has 0 radical (unpaired) electrons. The van der Waals surface area contributed by atoms with E-state index in [1.807, 2.05) is 37.3 Å². The van der Waals surface area contributed by atoms with Crippen LogP contribution in [-0.2, 0) is 4.79 Å². The third kappa shape index (κ3) is 2.59. The quantitative estimate of drug-likeness (QED) is 0.630. The third-order valence-corrected chi connectivity index (χ3v) is 2.90. The number of rotatable bonds is 2. The Morgan fingerprint density at radius 3 is 2.61 bits per heavy atom. The lowest BCUT2D eigenvalue weighted by atomic mass is 9.93. The summed E-state index contributed by atoms with van der Waals surface area (Å²) in [6.45, 7) is 2.04. The molecule has 1 aromatic rings. The first-order valence-electron chi connectivity index (χ1n) is 6.11. The molecule has 0 unspecified atom stereocenters. The first kappa shape index (κ1) is 12.4. The van der Waals surface area contributed by atoms with Gasteiger partial charge < -0.3 is 5.11 Å². The zero-order chi connectivity index (χ0) is 13.0. The lowest BCUT2D eigenvalue weighted by Gasteiger charge is -2.12. The van der Waals surface area contributed by atoms with E-state index in [-0.39, 0.29) is 11.5 Å². The molecule has 1 aliphatic carbocycles. The highest BCUT2D eigenvalue weighted by molar-refractivity contribution is 6.06. The summed E-state index contributed by atoms with van der Waals surface area (Å²) in [4.78, 5) is 12.0. The molecule has 0 heterocycles. The smallest absolute Gasteiger partial charge is 0.170 e. The molecule has 1 aromatic carbocycles. The average Bonchev–Trinajstić information content (AvgIpc) is 2.40. The predicted octanol–water partition coefficient (Wildman–Crippen LogP) is 3.82. The van der Waals surface area contributed by atoms with Crippen LogP contribution in [0.5, 0.6) is 0 Å². The fourth-order valence-corrected chi connectivity index (χ4v) is 1.99. The highest BCUT2D eigenvalue weighted by Crippen LogP contribution is 2.24. The minimum absolute atomic E-state index is 0.0291. The second kappa shape index (κ2) is 5.50. The van der Waals surface area contributed by atoms with Crippen LogP contribution < -0.4 is 0 Å². The molecule has 0 aliphatic heterocycles. The van der Waals surface area contributed by atoms with Gasteiger partial charge in [0, 0.05) is 12.0 Å². The van der Waals surface area contributed by atoms with Crippen molar-refractivity contribution in [1.82, 2.24) is 0 Å². The van der Waals surface area contributed by atoms with Gasteiger partial charge in [-0.1, -0.05) is 49.4 Å². The van der Waals surface area contributed by atoms with Crippen LogP contribution in [0, 0.1) is 0 Å². The molecule has 92 valence electrons. The van der Waals surface area contributed by atoms with E-state index in [9.17, 15) is 9.90 Å². The lowest BCUT2D eigenvalue weighted by molar-refractivity contribution is -0.114. The van der Waals surface area contributed by atoms with Gasteiger partial charge in [-0.3, -0.25) is 4.79 Å². The van der Waals surface area contributed by atoms with Crippen molar-refractivity contribution in [2.75, 3.05) is 0 Å². The summed E-state index contributed by atoms with van der Waals surface area (Å²) in [6.07, 6.45) is 6.92. The highest BCUT2D eigenvalue weighted by atomic mass is 16.3. The minimum Gasteiger partial charge on any atom is -0.507 e. The first-order valence-corrected chi connectivity index (χ1v) is 6.11. The molecular weight excluding hydrogens is 224 g/mol. The van der Waals surface area contributed by atoms with Crippen LogP contribution >= 0.6 is 0 Å². The van der Waals surface area contributed by atoms with E-state index < -0.39 is 0 Å².